The Bertz CT molecular complexity index is 815. The summed E-state index contributed by atoms with van der Waals surface area (Å²) in [7, 11) is 4.70. The highest BCUT2D eigenvalue weighted by atomic mass is 16.5. The normalized spacial score (nSPS) is 9.77. The summed E-state index contributed by atoms with van der Waals surface area (Å²) in [5.74, 6) is 1.84. The van der Waals surface area contributed by atoms with E-state index in [0.717, 1.165) is 5.56 Å². The molecule has 7 nitrogen and oxygen atoms in total. The zero-order valence-corrected chi connectivity index (χ0v) is 15.0. The van der Waals surface area contributed by atoms with Crippen molar-refractivity contribution in [3.8, 4) is 23.3 Å². The second-order valence-electron chi connectivity index (χ2n) is 5.34. The maximum atomic E-state index is 12.0. The van der Waals surface area contributed by atoms with Crippen molar-refractivity contribution >= 4 is 11.7 Å². The van der Waals surface area contributed by atoms with Crippen molar-refractivity contribution in [2.75, 3.05) is 33.2 Å². The average Bonchev–Trinajstić information content (AvgIpc) is 2.67. The van der Waals surface area contributed by atoms with E-state index in [0.29, 0.717) is 41.5 Å². The molecule has 2 aromatic rings. The first-order valence-corrected chi connectivity index (χ1v) is 7.95. The minimum Gasteiger partial charge on any atom is -0.496 e. The fourth-order valence-electron chi connectivity index (χ4n) is 2.44. The van der Waals surface area contributed by atoms with Gasteiger partial charge in [0, 0.05) is 18.3 Å². The summed E-state index contributed by atoms with van der Waals surface area (Å²) in [6, 6.07) is 12.0. The Morgan fingerprint density at radius 1 is 1.04 bits per heavy atom. The minimum absolute atomic E-state index is 0.348. The van der Waals surface area contributed by atoms with Gasteiger partial charge in [-0.1, -0.05) is 6.07 Å². The number of carbonyl (C=O) groups is 1. The molecule has 26 heavy (non-hydrogen) atoms. The molecule has 0 heterocycles. The summed E-state index contributed by atoms with van der Waals surface area (Å²) < 4.78 is 15.9. The van der Waals surface area contributed by atoms with Gasteiger partial charge in [0.2, 0.25) is 0 Å². The molecule has 0 aliphatic heterocycles. The standard InChI is InChI=1S/C19H21N3O4/c1-24-16-11-18(26-3)17(25-2)10-14(16)7-8-21-19(23)22-15-6-4-5-13(9-15)12-20/h4-6,9-11H,7-8H2,1-3H3,(H2,21,22,23). The van der Waals surface area contributed by atoms with Gasteiger partial charge in [-0.2, -0.15) is 5.26 Å². The summed E-state index contributed by atoms with van der Waals surface area (Å²) in [6.45, 7) is 0.398. The third-order valence-electron chi connectivity index (χ3n) is 3.72. The number of hydrogen-bond donors (Lipinski definition) is 2. The van der Waals surface area contributed by atoms with Crippen LogP contribution >= 0.6 is 0 Å². The molecule has 0 bridgehead atoms. The number of hydrogen-bond acceptors (Lipinski definition) is 5. The van der Waals surface area contributed by atoms with Gasteiger partial charge in [0.05, 0.1) is 33.0 Å². The number of ether oxygens (including phenoxy) is 3. The van der Waals surface area contributed by atoms with E-state index >= 15 is 0 Å². The van der Waals surface area contributed by atoms with Crippen molar-refractivity contribution in [3.05, 3.63) is 47.5 Å². The van der Waals surface area contributed by atoms with Crippen LogP contribution in [0.25, 0.3) is 0 Å². The van der Waals surface area contributed by atoms with Gasteiger partial charge in [-0.05, 0) is 36.2 Å². The Hall–Kier alpha value is -3.40. The molecule has 2 aromatic carbocycles. The Labute approximate surface area is 152 Å². The predicted molar refractivity (Wildman–Crippen MR) is 98.0 cm³/mol. The topological polar surface area (TPSA) is 92.6 Å². The van der Waals surface area contributed by atoms with Gasteiger partial charge in [-0.15, -0.1) is 0 Å². The molecule has 0 saturated heterocycles. The van der Waals surface area contributed by atoms with Crippen LogP contribution in [0.1, 0.15) is 11.1 Å². The highest BCUT2D eigenvalue weighted by Gasteiger charge is 2.12. The molecule has 0 fully saturated rings. The van der Waals surface area contributed by atoms with E-state index in [9.17, 15) is 4.79 Å². The van der Waals surface area contributed by atoms with Crippen LogP contribution in [0.2, 0.25) is 0 Å². The summed E-state index contributed by atoms with van der Waals surface area (Å²) >= 11 is 0. The number of carbonyl (C=O) groups excluding carboxylic acids is 1. The van der Waals surface area contributed by atoms with Crippen LogP contribution in [0.3, 0.4) is 0 Å². The maximum absolute atomic E-state index is 12.0. The van der Waals surface area contributed by atoms with Gasteiger partial charge in [-0.3, -0.25) is 0 Å². The van der Waals surface area contributed by atoms with Crippen LogP contribution in [0, 0.1) is 11.3 Å². The first-order chi connectivity index (χ1) is 12.6. The molecule has 0 radical (unpaired) electrons. The highest BCUT2D eigenvalue weighted by Crippen LogP contribution is 2.34. The average molecular weight is 355 g/mol. The SMILES string of the molecule is COc1cc(OC)c(OC)cc1CCNC(=O)Nc1cccc(C#N)c1. The van der Waals surface area contributed by atoms with Gasteiger partial charge in [-0.25, -0.2) is 4.79 Å². The molecule has 2 N–H and O–H groups in total. The van der Waals surface area contributed by atoms with Gasteiger partial charge in [0.15, 0.2) is 11.5 Å². The molecule has 2 amide bonds. The van der Waals surface area contributed by atoms with Crippen molar-refractivity contribution in [3.63, 3.8) is 0 Å². The minimum atomic E-state index is -0.348. The second kappa shape index (κ2) is 9.18. The van der Waals surface area contributed by atoms with Gasteiger partial charge in [0.1, 0.15) is 5.75 Å². The van der Waals surface area contributed by atoms with Gasteiger partial charge < -0.3 is 24.8 Å². The number of nitrogens with one attached hydrogen (secondary N) is 2. The lowest BCUT2D eigenvalue weighted by molar-refractivity contribution is 0.252. The molecule has 2 rings (SSSR count). The van der Waals surface area contributed by atoms with Crippen molar-refractivity contribution < 1.29 is 19.0 Å². The number of amides is 2. The number of nitrogens with zero attached hydrogens (tertiary/aromatic N) is 1. The molecule has 136 valence electrons. The summed E-state index contributed by atoms with van der Waals surface area (Å²) in [5.41, 5.74) is 1.93. The largest absolute Gasteiger partial charge is 0.496 e. The van der Waals surface area contributed by atoms with E-state index in [4.69, 9.17) is 19.5 Å². The van der Waals surface area contributed by atoms with Crippen molar-refractivity contribution in [1.82, 2.24) is 5.32 Å². The zero-order valence-electron chi connectivity index (χ0n) is 15.0. The van der Waals surface area contributed by atoms with Crippen LogP contribution in [0.4, 0.5) is 10.5 Å². The lowest BCUT2D eigenvalue weighted by atomic mass is 10.1. The smallest absolute Gasteiger partial charge is 0.319 e. The quantitative estimate of drug-likeness (QED) is 0.796. The first kappa shape index (κ1) is 18.9. The summed E-state index contributed by atoms with van der Waals surface area (Å²) in [5, 5.41) is 14.4. The predicted octanol–water partition coefficient (Wildman–Crippen LogP) is 2.95. The number of nitriles is 1. The van der Waals surface area contributed by atoms with Crippen LogP contribution < -0.4 is 24.8 Å². The summed E-state index contributed by atoms with van der Waals surface area (Å²) in [6.07, 6.45) is 0.551. The Kier molecular flexibility index (Phi) is 6.68. The van der Waals surface area contributed by atoms with Crippen LogP contribution in [-0.2, 0) is 6.42 Å². The lowest BCUT2D eigenvalue weighted by Crippen LogP contribution is -2.30. The molecule has 0 atom stereocenters. The molecule has 0 aromatic heterocycles. The molecule has 0 aliphatic carbocycles. The molecule has 0 unspecified atom stereocenters. The number of rotatable bonds is 7. The van der Waals surface area contributed by atoms with Crippen LogP contribution in [0.15, 0.2) is 36.4 Å². The number of urea groups is 1. The van der Waals surface area contributed by atoms with E-state index in [1.165, 1.54) is 0 Å². The molecule has 0 saturated carbocycles. The molecule has 0 spiro atoms. The number of benzene rings is 2. The van der Waals surface area contributed by atoms with E-state index in [2.05, 4.69) is 10.6 Å². The Balaban J connectivity index is 1.96. The molecular formula is C19H21N3O4. The van der Waals surface area contributed by atoms with Crippen LogP contribution in [-0.4, -0.2) is 33.9 Å². The molecular weight excluding hydrogens is 334 g/mol. The molecule has 0 aliphatic rings. The zero-order chi connectivity index (χ0) is 18.9. The van der Waals surface area contributed by atoms with Gasteiger partial charge in [0.25, 0.3) is 0 Å². The highest BCUT2D eigenvalue weighted by molar-refractivity contribution is 5.89. The van der Waals surface area contributed by atoms with Crippen molar-refractivity contribution in [2.45, 2.75) is 6.42 Å². The van der Waals surface area contributed by atoms with E-state index in [1.54, 1.807) is 51.7 Å². The first-order valence-electron chi connectivity index (χ1n) is 7.95. The van der Waals surface area contributed by atoms with Crippen molar-refractivity contribution in [2.24, 2.45) is 0 Å². The second-order valence-corrected chi connectivity index (χ2v) is 5.34. The fraction of sp³-hybridized carbons (Fsp3) is 0.263. The molecule has 7 heteroatoms. The van der Waals surface area contributed by atoms with Crippen molar-refractivity contribution in [1.29, 1.82) is 5.26 Å². The van der Waals surface area contributed by atoms with E-state index in [-0.39, 0.29) is 6.03 Å². The lowest BCUT2D eigenvalue weighted by Gasteiger charge is -2.14. The number of anilines is 1. The Morgan fingerprint density at radius 2 is 1.73 bits per heavy atom. The fourth-order valence-corrected chi connectivity index (χ4v) is 2.44. The van der Waals surface area contributed by atoms with E-state index in [1.807, 2.05) is 12.1 Å². The number of methoxy groups -OCH3 is 3. The third kappa shape index (κ3) is 4.80. The van der Waals surface area contributed by atoms with Crippen LogP contribution in [0.5, 0.6) is 17.2 Å². The summed E-state index contributed by atoms with van der Waals surface area (Å²) in [4.78, 5) is 12.0. The maximum Gasteiger partial charge on any atom is 0.319 e. The monoisotopic (exact) mass is 355 g/mol. The Morgan fingerprint density at radius 3 is 2.38 bits per heavy atom. The van der Waals surface area contributed by atoms with E-state index < -0.39 is 0 Å². The van der Waals surface area contributed by atoms with Gasteiger partial charge >= 0.3 is 6.03 Å². The third-order valence-corrected chi connectivity index (χ3v) is 3.72.